The highest BCUT2D eigenvalue weighted by molar-refractivity contribution is 7.89. The van der Waals surface area contributed by atoms with Gasteiger partial charge in [-0.05, 0) is 30.7 Å². The molecule has 3 rings (SSSR count). The van der Waals surface area contributed by atoms with Crippen molar-refractivity contribution in [3.05, 3.63) is 65.9 Å². The Kier molecular flexibility index (Phi) is 4.26. The molecule has 0 amide bonds. The Morgan fingerprint density at radius 2 is 1.88 bits per heavy atom. The number of H-pyrrole nitrogens is 1. The van der Waals surface area contributed by atoms with Crippen molar-refractivity contribution in [2.45, 2.75) is 18.4 Å². The molecule has 0 spiro atoms. The summed E-state index contributed by atoms with van der Waals surface area (Å²) in [7, 11) is -2.13. The van der Waals surface area contributed by atoms with Crippen molar-refractivity contribution in [1.82, 2.24) is 9.29 Å². The highest BCUT2D eigenvalue weighted by Gasteiger charge is 2.22. The van der Waals surface area contributed by atoms with Gasteiger partial charge in [-0.3, -0.25) is 4.79 Å². The van der Waals surface area contributed by atoms with Gasteiger partial charge < -0.3 is 4.98 Å². The largest absolute Gasteiger partial charge is 0.361 e. The summed E-state index contributed by atoms with van der Waals surface area (Å²) < 4.78 is 26.8. The fourth-order valence-corrected chi connectivity index (χ4v) is 3.84. The van der Waals surface area contributed by atoms with Crippen molar-refractivity contribution in [1.29, 1.82) is 0 Å². The Balaban J connectivity index is 1.92. The van der Waals surface area contributed by atoms with Crippen LogP contribution in [0.3, 0.4) is 0 Å². The first kappa shape index (κ1) is 16.4. The average molecular weight is 342 g/mol. The van der Waals surface area contributed by atoms with Crippen LogP contribution >= 0.6 is 0 Å². The van der Waals surface area contributed by atoms with Crippen molar-refractivity contribution in [3.63, 3.8) is 0 Å². The van der Waals surface area contributed by atoms with Crippen LogP contribution in [-0.4, -0.2) is 30.5 Å². The smallest absolute Gasteiger partial charge is 0.243 e. The first-order chi connectivity index (χ1) is 11.4. The van der Waals surface area contributed by atoms with E-state index in [-0.39, 0.29) is 17.2 Å². The van der Waals surface area contributed by atoms with E-state index in [9.17, 15) is 13.2 Å². The van der Waals surface area contributed by atoms with Crippen LogP contribution in [0.5, 0.6) is 0 Å². The number of aromatic nitrogens is 1. The fourth-order valence-electron chi connectivity index (χ4n) is 2.64. The van der Waals surface area contributed by atoms with Gasteiger partial charge in [0, 0.05) is 36.3 Å². The van der Waals surface area contributed by atoms with Gasteiger partial charge in [-0.25, -0.2) is 8.42 Å². The van der Waals surface area contributed by atoms with Crippen molar-refractivity contribution in [2.24, 2.45) is 0 Å². The summed E-state index contributed by atoms with van der Waals surface area (Å²) in [6, 6.07) is 13.9. The number of benzene rings is 2. The van der Waals surface area contributed by atoms with E-state index in [0.717, 1.165) is 16.5 Å². The Labute approximate surface area is 141 Å². The number of hydrogen-bond acceptors (Lipinski definition) is 3. The van der Waals surface area contributed by atoms with Crippen LogP contribution in [0, 0.1) is 0 Å². The van der Waals surface area contributed by atoms with Crippen LogP contribution in [0.25, 0.3) is 10.9 Å². The van der Waals surface area contributed by atoms with Gasteiger partial charge in [0.25, 0.3) is 0 Å². The lowest BCUT2D eigenvalue weighted by Crippen LogP contribution is -2.26. The van der Waals surface area contributed by atoms with Crippen molar-refractivity contribution in [3.8, 4) is 0 Å². The fraction of sp³-hybridized carbons (Fsp3) is 0.167. The molecule has 3 aromatic rings. The lowest BCUT2D eigenvalue weighted by molar-refractivity contribution is 0.101. The molecule has 0 saturated carbocycles. The molecule has 2 aromatic carbocycles. The van der Waals surface area contributed by atoms with E-state index in [1.165, 1.54) is 30.4 Å². The van der Waals surface area contributed by atoms with Gasteiger partial charge in [-0.15, -0.1) is 0 Å². The van der Waals surface area contributed by atoms with E-state index in [4.69, 9.17) is 0 Å². The number of carbonyl (C=O) groups excluding carboxylic acids is 1. The van der Waals surface area contributed by atoms with Gasteiger partial charge in [0.05, 0.1) is 4.90 Å². The molecule has 5 nitrogen and oxygen atoms in total. The summed E-state index contributed by atoms with van der Waals surface area (Å²) in [6.45, 7) is 1.66. The Bertz CT molecular complexity index is 1010. The average Bonchev–Trinajstić information content (AvgIpc) is 2.98. The quantitative estimate of drug-likeness (QED) is 0.724. The van der Waals surface area contributed by atoms with Crippen LogP contribution in [0.15, 0.2) is 59.6 Å². The maximum absolute atomic E-state index is 12.8. The molecule has 0 unspecified atom stereocenters. The van der Waals surface area contributed by atoms with Gasteiger partial charge in [-0.1, -0.05) is 30.3 Å². The molecule has 0 bridgehead atoms. The molecule has 124 valence electrons. The summed E-state index contributed by atoms with van der Waals surface area (Å²) >= 11 is 0. The third-order valence-corrected chi connectivity index (χ3v) is 5.82. The first-order valence-electron chi connectivity index (χ1n) is 7.52. The zero-order valence-corrected chi connectivity index (χ0v) is 14.3. The Morgan fingerprint density at radius 3 is 2.62 bits per heavy atom. The monoisotopic (exact) mass is 342 g/mol. The molecule has 1 heterocycles. The standard InChI is InChI=1S/C18H18N2O3S/c1-13(21)14-6-5-7-16(10-14)24(22,23)20(2)12-15-11-19-18-9-4-3-8-17(15)18/h3-11,19H,12H2,1-2H3. The molecule has 0 radical (unpaired) electrons. The number of nitrogens with zero attached hydrogens (tertiary/aromatic N) is 1. The van der Waals surface area contributed by atoms with E-state index in [2.05, 4.69) is 4.98 Å². The Morgan fingerprint density at radius 1 is 1.12 bits per heavy atom. The van der Waals surface area contributed by atoms with E-state index in [1.807, 2.05) is 30.5 Å². The number of sulfonamides is 1. The third-order valence-electron chi connectivity index (χ3n) is 4.02. The van der Waals surface area contributed by atoms with E-state index < -0.39 is 10.0 Å². The van der Waals surface area contributed by atoms with Crippen LogP contribution < -0.4 is 0 Å². The van der Waals surface area contributed by atoms with Gasteiger partial charge >= 0.3 is 0 Å². The van der Waals surface area contributed by atoms with Crippen LogP contribution in [0.2, 0.25) is 0 Å². The number of carbonyl (C=O) groups is 1. The number of fused-ring (bicyclic) bond motifs is 1. The summed E-state index contributed by atoms with van der Waals surface area (Å²) in [6.07, 6.45) is 1.82. The van der Waals surface area contributed by atoms with Crippen LogP contribution in [0.4, 0.5) is 0 Å². The molecular weight excluding hydrogens is 324 g/mol. The molecular formula is C18H18N2O3S. The first-order valence-corrected chi connectivity index (χ1v) is 8.96. The predicted octanol–water partition coefficient (Wildman–Crippen LogP) is 3.19. The zero-order valence-electron chi connectivity index (χ0n) is 13.5. The number of Topliss-reactive ketones (excluding diaryl/α,β-unsaturated/α-hetero) is 1. The molecule has 0 aliphatic rings. The van der Waals surface area contributed by atoms with Gasteiger partial charge in [0.1, 0.15) is 0 Å². The molecule has 0 atom stereocenters. The Hall–Kier alpha value is -2.44. The maximum Gasteiger partial charge on any atom is 0.243 e. The van der Waals surface area contributed by atoms with E-state index in [1.54, 1.807) is 12.1 Å². The van der Waals surface area contributed by atoms with Crippen molar-refractivity contribution in [2.75, 3.05) is 7.05 Å². The summed E-state index contributed by atoms with van der Waals surface area (Å²) in [5.74, 6) is -0.161. The zero-order chi connectivity index (χ0) is 17.3. The molecule has 6 heteroatoms. The normalized spacial score (nSPS) is 12.0. The number of nitrogens with one attached hydrogen (secondary N) is 1. The summed E-state index contributed by atoms with van der Waals surface area (Å²) in [4.78, 5) is 14.7. The lowest BCUT2D eigenvalue weighted by Gasteiger charge is -2.17. The second-order valence-electron chi connectivity index (χ2n) is 5.70. The maximum atomic E-state index is 12.8. The minimum Gasteiger partial charge on any atom is -0.361 e. The van der Waals surface area contributed by atoms with Gasteiger partial charge in [0.2, 0.25) is 10.0 Å². The second-order valence-corrected chi connectivity index (χ2v) is 7.75. The predicted molar refractivity (Wildman–Crippen MR) is 93.4 cm³/mol. The molecule has 1 N–H and O–H groups in total. The molecule has 0 fully saturated rings. The lowest BCUT2D eigenvalue weighted by atomic mass is 10.2. The third kappa shape index (κ3) is 2.98. The second kappa shape index (κ2) is 6.22. The van der Waals surface area contributed by atoms with Crippen LogP contribution in [0.1, 0.15) is 22.8 Å². The van der Waals surface area contributed by atoms with E-state index in [0.29, 0.717) is 5.56 Å². The molecule has 24 heavy (non-hydrogen) atoms. The SMILES string of the molecule is CC(=O)c1cccc(S(=O)(=O)N(C)Cc2c[nH]c3ccccc23)c1. The van der Waals surface area contributed by atoms with Gasteiger partial charge in [0.15, 0.2) is 5.78 Å². The molecule has 0 aliphatic heterocycles. The molecule has 0 saturated heterocycles. The molecule has 1 aromatic heterocycles. The number of rotatable bonds is 5. The van der Waals surface area contributed by atoms with Crippen molar-refractivity contribution >= 4 is 26.7 Å². The van der Waals surface area contributed by atoms with Crippen LogP contribution in [-0.2, 0) is 16.6 Å². The van der Waals surface area contributed by atoms with Gasteiger partial charge in [-0.2, -0.15) is 4.31 Å². The minimum atomic E-state index is -3.67. The minimum absolute atomic E-state index is 0.123. The number of para-hydroxylation sites is 1. The number of ketones is 1. The molecule has 0 aliphatic carbocycles. The topological polar surface area (TPSA) is 70.2 Å². The number of aromatic amines is 1. The summed E-state index contributed by atoms with van der Waals surface area (Å²) in [5.41, 5.74) is 2.26. The number of hydrogen-bond donors (Lipinski definition) is 1. The highest BCUT2D eigenvalue weighted by atomic mass is 32.2. The summed E-state index contributed by atoms with van der Waals surface area (Å²) in [5, 5.41) is 0.997. The highest BCUT2D eigenvalue weighted by Crippen LogP contribution is 2.22. The van der Waals surface area contributed by atoms with E-state index >= 15 is 0 Å². The van der Waals surface area contributed by atoms with Crippen molar-refractivity contribution < 1.29 is 13.2 Å².